The summed E-state index contributed by atoms with van der Waals surface area (Å²) in [5.74, 6) is 0.662. The number of piperazine rings is 1. The van der Waals surface area contributed by atoms with Gasteiger partial charge < -0.3 is 10.2 Å². The topological polar surface area (TPSA) is 59.4 Å². The van der Waals surface area contributed by atoms with Gasteiger partial charge in [-0.1, -0.05) is 31.0 Å². The van der Waals surface area contributed by atoms with Crippen LogP contribution in [0.3, 0.4) is 0 Å². The molecule has 7 heteroatoms. The Morgan fingerprint density at radius 2 is 2.10 bits per heavy atom. The van der Waals surface area contributed by atoms with E-state index in [2.05, 4.69) is 35.0 Å². The quantitative estimate of drug-likeness (QED) is 0.698. The van der Waals surface area contributed by atoms with E-state index in [0.29, 0.717) is 18.0 Å². The molecule has 1 aliphatic heterocycles. The number of hydrogen-bond donors (Lipinski definition) is 1. The van der Waals surface area contributed by atoms with Crippen LogP contribution >= 0.6 is 22.9 Å². The molecule has 1 unspecified atom stereocenters. The second-order valence-corrected chi connectivity index (χ2v) is 10.1. The predicted molar refractivity (Wildman–Crippen MR) is 128 cm³/mol. The Bertz CT molecular complexity index is 1000. The number of hydrogen-bond acceptors (Lipinski definition) is 5. The Hall–Kier alpha value is -2.07. The van der Waals surface area contributed by atoms with E-state index in [0.717, 1.165) is 61.0 Å². The average molecular weight is 457 g/mol. The van der Waals surface area contributed by atoms with E-state index in [4.69, 9.17) is 11.6 Å². The highest BCUT2D eigenvalue weighted by Gasteiger charge is 2.26. The maximum atomic E-state index is 12.7. The molecule has 4 rings (SSSR count). The number of nitrogens with one attached hydrogen (secondary N) is 1. The van der Waals surface area contributed by atoms with Crippen molar-refractivity contribution in [2.45, 2.75) is 39.5 Å². The zero-order valence-corrected chi connectivity index (χ0v) is 19.8. The van der Waals surface area contributed by atoms with E-state index >= 15 is 0 Å². The minimum atomic E-state index is -0.0328. The lowest BCUT2D eigenvalue weighted by atomic mass is 9.86. The lowest BCUT2D eigenvalue weighted by molar-refractivity contribution is -0.117. The summed E-state index contributed by atoms with van der Waals surface area (Å²) >= 11 is 7.78. The number of carbonyl (C=O) groups excluding carboxylic acids is 1. The summed E-state index contributed by atoms with van der Waals surface area (Å²) in [5.41, 5.74) is 4.23. The molecular formula is C24H29ClN4OS. The molecule has 164 valence electrons. The third-order valence-corrected chi connectivity index (χ3v) is 7.97. The zero-order valence-electron chi connectivity index (χ0n) is 18.2. The van der Waals surface area contributed by atoms with Crippen LogP contribution in [0.15, 0.2) is 18.2 Å². The van der Waals surface area contributed by atoms with Crippen LogP contribution in [0.2, 0.25) is 5.02 Å². The fourth-order valence-corrected chi connectivity index (χ4v) is 6.14. The van der Waals surface area contributed by atoms with Crippen LogP contribution in [0.4, 0.5) is 10.7 Å². The Labute approximate surface area is 193 Å². The van der Waals surface area contributed by atoms with Crippen LogP contribution in [0.1, 0.15) is 41.3 Å². The van der Waals surface area contributed by atoms with Crippen molar-refractivity contribution in [3.8, 4) is 6.07 Å². The number of rotatable bonds is 5. The number of nitrogens with zero attached hydrogens (tertiary/aromatic N) is 3. The van der Waals surface area contributed by atoms with Gasteiger partial charge in [-0.25, -0.2) is 0 Å². The first-order valence-corrected chi connectivity index (χ1v) is 12.3. The molecule has 1 aromatic carbocycles. The van der Waals surface area contributed by atoms with Crippen LogP contribution in [0.5, 0.6) is 0 Å². The van der Waals surface area contributed by atoms with Gasteiger partial charge in [0.05, 0.1) is 12.1 Å². The van der Waals surface area contributed by atoms with Crippen molar-refractivity contribution < 1.29 is 4.79 Å². The van der Waals surface area contributed by atoms with E-state index in [1.165, 1.54) is 22.5 Å². The van der Waals surface area contributed by atoms with Gasteiger partial charge in [-0.2, -0.15) is 5.26 Å². The van der Waals surface area contributed by atoms with Crippen molar-refractivity contribution in [1.82, 2.24) is 4.90 Å². The van der Waals surface area contributed by atoms with Crippen molar-refractivity contribution in [3.63, 3.8) is 0 Å². The summed E-state index contributed by atoms with van der Waals surface area (Å²) in [6, 6.07) is 8.33. The molecule has 0 spiro atoms. The average Bonchev–Trinajstić information content (AvgIpc) is 3.11. The second-order valence-electron chi connectivity index (χ2n) is 8.58. The van der Waals surface area contributed by atoms with Gasteiger partial charge in [0, 0.05) is 41.8 Å². The van der Waals surface area contributed by atoms with Crippen LogP contribution in [0.25, 0.3) is 0 Å². The second kappa shape index (κ2) is 9.60. The minimum absolute atomic E-state index is 0.0328. The normalized spacial score (nSPS) is 19.0. The number of fused-ring (bicyclic) bond motifs is 1. The summed E-state index contributed by atoms with van der Waals surface area (Å²) in [7, 11) is 0. The number of benzene rings is 1. The van der Waals surface area contributed by atoms with E-state index in [9.17, 15) is 10.1 Å². The molecule has 2 aromatic rings. The van der Waals surface area contributed by atoms with Crippen molar-refractivity contribution in [2.75, 3.05) is 42.9 Å². The van der Waals surface area contributed by atoms with E-state index in [-0.39, 0.29) is 5.91 Å². The van der Waals surface area contributed by atoms with Gasteiger partial charge in [0.2, 0.25) is 5.91 Å². The zero-order chi connectivity index (χ0) is 22.0. The van der Waals surface area contributed by atoms with Gasteiger partial charge in [-0.3, -0.25) is 9.69 Å². The number of carbonyl (C=O) groups is 1. The lowest BCUT2D eigenvalue weighted by Crippen LogP contribution is -2.48. The highest BCUT2D eigenvalue weighted by molar-refractivity contribution is 7.16. The van der Waals surface area contributed by atoms with Crippen molar-refractivity contribution in [3.05, 3.63) is 44.8 Å². The summed E-state index contributed by atoms with van der Waals surface area (Å²) < 4.78 is 0. The third-order valence-electron chi connectivity index (χ3n) is 6.56. The molecule has 1 fully saturated rings. The minimum Gasteiger partial charge on any atom is -0.369 e. The number of aryl methyl sites for hydroxylation is 1. The van der Waals surface area contributed by atoms with Gasteiger partial charge in [-0.05, 0) is 55.4 Å². The molecule has 5 nitrogen and oxygen atoms in total. The fraction of sp³-hybridized carbons (Fsp3) is 0.500. The number of nitriles is 1. The smallest absolute Gasteiger partial charge is 0.239 e. The fourth-order valence-electron chi connectivity index (χ4n) is 4.65. The highest BCUT2D eigenvalue weighted by Crippen LogP contribution is 2.40. The van der Waals surface area contributed by atoms with E-state index in [1.807, 2.05) is 18.2 Å². The van der Waals surface area contributed by atoms with Crippen LogP contribution in [-0.4, -0.2) is 43.5 Å². The van der Waals surface area contributed by atoms with Gasteiger partial charge in [0.25, 0.3) is 0 Å². The third kappa shape index (κ3) is 4.90. The first-order chi connectivity index (χ1) is 15.0. The maximum Gasteiger partial charge on any atom is 0.239 e. The monoisotopic (exact) mass is 456 g/mol. The van der Waals surface area contributed by atoms with Gasteiger partial charge in [0.15, 0.2) is 0 Å². The van der Waals surface area contributed by atoms with E-state index in [1.54, 1.807) is 11.3 Å². The Morgan fingerprint density at radius 3 is 2.81 bits per heavy atom. The molecule has 0 saturated carbocycles. The largest absolute Gasteiger partial charge is 0.369 e. The molecule has 1 aliphatic carbocycles. The molecule has 0 bridgehead atoms. The molecule has 1 saturated heterocycles. The predicted octanol–water partition coefficient (Wildman–Crippen LogP) is 4.86. The number of amides is 1. The molecular weight excluding hydrogens is 428 g/mol. The molecule has 1 atom stereocenters. The molecule has 0 radical (unpaired) electrons. The first-order valence-electron chi connectivity index (χ1n) is 11.1. The van der Waals surface area contributed by atoms with Gasteiger partial charge in [-0.15, -0.1) is 11.3 Å². The molecule has 2 heterocycles. The Morgan fingerprint density at radius 1 is 1.32 bits per heavy atom. The van der Waals surface area contributed by atoms with Crippen molar-refractivity contribution >= 4 is 39.5 Å². The summed E-state index contributed by atoms with van der Waals surface area (Å²) in [5, 5.41) is 14.2. The first kappa shape index (κ1) is 22.1. The maximum absolute atomic E-state index is 12.7. The summed E-state index contributed by atoms with van der Waals surface area (Å²) in [6.45, 7) is 8.06. The summed E-state index contributed by atoms with van der Waals surface area (Å²) in [6.07, 6.45) is 4.29. The number of halogens is 1. The molecule has 1 aromatic heterocycles. The number of anilines is 2. The standard InChI is InChI=1S/C24H29ClN4OS/c1-3-17-5-7-19-20(14-26)24(31-22(19)12-17)27-23(30)15-28-8-10-29(11-9-28)21-13-18(25)6-4-16(21)2/h4,6,13,17H,3,5,7-12,15H2,1-2H3,(H,27,30). The van der Waals surface area contributed by atoms with Crippen LogP contribution < -0.4 is 10.2 Å². The molecule has 2 aliphatic rings. The lowest BCUT2D eigenvalue weighted by Gasteiger charge is -2.36. The Balaban J connectivity index is 1.35. The Kier molecular flexibility index (Phi) is 6.86. The highest BCUT2D eigenvalue weighted by atomic mass is 35.5. The van der Waals surface area contributed by atoms with Crippen molar-refractivity contribution in [2.24, 2.45) is 5.92 Å². The van der Waals surface area contributed by atoms with Crippen LogP contribution in [0, 0.1) is 24.2 Å². The van der Waals surface area contributed by atoms with Gasteiger partial charge >= 0.3 is 0 Å². The summed E-state index contributed by atoms with van der Waals surface area (Å²) in [4.78, 5) is 18.5. The van der Waals surface area contributed by atoms with Crippen molar-refractivity contribution in [1.29, 1.82) is 5.26 Å². The molecule has 31 heavy (non-hydrogen) atoms. The van der Waals surface area contributed by atoms with E-state index < -0.39 is 0 Å². The SMILES string of the molecule is CCC1CCc2c(sc(NC(=O)CN3CCN(c4cc(Cl)ccc4C)CC3)c2C#N)C1. The van der Waals surface area contributed by atoms with Crippen LogP contribution in [-0.2, 0) is 17.6 Å². The molecule has 1 N–H and O–H groups in total. The molecule has 1 amide bonds. The van der Waals surface area contributed by atoms with Gasteiger partial charge in [0.1, 0.15) is 11.1 Å². The number of thiophene rings is 1.